The quantitative estimate of drug-likeness (QED) is 0.286. The Morgan fingerprint density at radius 1 is 1.02 bits per heavy atom. The summed E-state index contributed by atoms with van der Waals surface area (Å²) in [6, 6.07) is 6.78. The maximum atomic E-state index is 14.5. The van der Waals surface area contributed by atoms with Gasteiger partial charge in [-0.05, 0) is 64.5 Å². The molecule has 0 spiro atoms. The predicted molar refractivity (Wildman–Crippen MR) is 144 cm³/mol. The number of allylic oxidation sites excluding steroid dienone is 4. The smallest absolute Gasteiger partial charge is 0.432 e. The van der Waals surface area contributed by atoms with Gasteiger partial charge in [0.1, 0.15) is 12.2 Å². The van der Waals surface area contributed by atoms with Crippen LogP contribution in [0.5, 0.6) is 0 Å². The number of carbonyl (C=O) groups excluding carboxylic acids is 2. The number of rotatable bonds is 6. The molecule has 1 aromatic carbocycles. The molecule has 6 nitrogen and oxygen atoms in total. The largest absolute Gasteiger partial charge is 0.457 e. The van der Waals surface area contributed by atoms with Gasteiger partial charge in [0.15, 0.2) is 0 Å². The molecule has 5 atom stereocenters. The van der Waals surface area contributed by atoms with Gasteiger partial charge in [0.05, 0.1) is 12.5 Å². The van der Waals surface area contributed by atoms with Gasteiger partial charge in [-0.25, -0.2) is 4.79 Å². The minimum absolute atomic E-state index is 0.194. The number of alkyl halides is 3. The standard InChI is InChI=1S/C31H39F3O6/c1-20-10-9-11-21(2)18-27-24(25(19-37-4)28(35)39-27)16-15-22(3)26(17-14-20)40-29(36)30(38-5,31(32,33)34)23-12-7-6-8-13-23/h6-8,10,12-13,15,18,24-27H,9,11,14,16-17,19H2,1-5H3/b20-10+,21-18+,22-15-/t24-,25+,26-,27-,30-/m0/s1. The van der Waals surface area contributed by atoms with Crippen LogP contribution in [0, 0.1) is 11.8 Å². The van der Waals surface area contributed by atoms with Crippen molar-refractivity contribution in [1.82, 2.24) is 0 Å². The fourth-order valence-electron chi connectivity index (χ4n) is 5.34. The Kier molecular flexibility index (Phi) is 10.8. The first-order valence-electron chi connectivity index (χ1n) is 13.5. The molecule has 0 unspecified atom stereocenters. The van der Waals surface area contributed by atoms with Crippen LogP contribution >= 0.6 is 0 Å². The van der Waals surface area contributed by atoms with E-state index in [1.807, 2.05) is 26.0 Å². The maximum absolute atomic E-state index is 14.5. The summed E-state index contributed by atoms with van der Waals surface area (Å²) in [7, 11) is 2.37. The van der Waals surface area contributed by atoms with E-state index in [2.05, 4.69) is 6.08 Å². The molecule has 1 aliphatic heterocycles. The molecule has 0 saturated carbocycles. The Hall–Kier alpha value is -2.91. The lowest BCUT2D eigenvalue weighted by Gasteiger charge is -2.34. The Morgan fingerprint density at radius 3 is 2.35 bits per heavy atom. The second-order valence-corrected chi connectivity index (χ2v) is 10.6. The maximum Gasteiger partial charge on any atom is 0.432 e. The number of ether oxygens (including phenoxy) is 4. The number of fused-ring (bicyclic) bond motifs is 1. The summed E-state index contributed by atoms with van der Waals surface area (Å²) in [5.41, 5.74) is -0.892. The lowest BCUT2D eigenvalue weighted by Crippen LogP contribution is -2.52. The molecule has 1 aromatic rings. The summed E-state index contributed by atoms with van der Waals surface area (Å²) in [6.07, 6.45) is 2.19. The average molecular weight is 565 g/mol. The third-order valence-electron chi connectivity index (χ3n) is 7.76. The van der Waals surface area contributed by atoms with Crippen LogP contribution in [0.15, 0.2) is 65.3 Å². The highest BCUT2D eigenvalue weighted by molar-refractivity contribution is 5.83. The Labute approximate surface area is 234 Å². The van der Waals surface area contributed by atoms with Crippen molar-refractivity contribution in [3.63, 3.8) is 0 Å². The number of carbonyl (C=O) groups is 2. The van der Waals surface area contributed by atoms with E-state index in [0.717, 1.165) is 31.1 Å². The van der Waals surface area contributed by atoms with E-state index < -0.39 is 35.9 Å². The first kappa shape index (κ1) is 31.6. The van der Waals surface area contributed by atoms with E-state index in [-0.39, 0.29) is 24.1 Å². The van der Waals surface area contributed by atoms with Crippen molar-refractivity contribution in [3.05, 3.63) is 70.8 Å². The number of hydrogen-bond acceptors (Lipinski definition) is 6. The van der Waals surface area contributed by atoms with E-state index in [1.54, 1.807) is 13.0 Å². The number of benzene rings is 1. The number of esters is 2. The van der Waals surface area contributed by atoms with Crippen LogP contribution in [0.1, 0.15) is 58.4 Å². The molecule has 40 heavy (non-hydrogen) atoms. The van der Waals surface area contributed by atoms with E-state index >= 15 is 0 Å². The molecule has 3 rings (SSSR count). The predicted octanol–water partition coefficient (Wildman–Crippen LogP) is 6.61. The molecule has 2 aliphatic rings. The first-order valence-corrected chi connectivity index (χ1v) is 13.5. The second-order valence-electron chi connectivity index (χ2n) is 10.6. The zero-order valence-electron chi connectivity index (χ0n) is 23.8. The van der Waals surface area contributed by atoms with Crippen molar-refractivity contribution in [2.24, 2.45) is 11.8 Å². The van der Waals surface area contributed by atoms with E-state index in [0.29, 0.717) is 24.8 Å². The van der Waals surface area contributed by atoms with Gasteiger partial charge in [-0.3, -0.25) is 4.79 Å². The minimum atomic E-state index is -5.07. The fourth-order valence-corrected chi connectivity index (χ4v) is 5.34. The summed E-state index contributed by atoms with van der Waals surface area (Å²) >= 11 is 0. The van der Waals surface area contributed by atoms with Crippen LogP contribution in [0.3, 0.4) is 0 Å². The van der Waals surface area contributed by atoms with E-state index in [1.165, 1.54) is 31.4 Å². The van der Waals surface area contributed by atoms with Gasteiger partial charge >= 0.3 is 18.1 Å². The Balaban J connectivity index is 1.99. The van der Waals surface area contributed by atoms with Gasteiger partial charge in [0.25, 0.3) is 5.60 Å². The molecule has 0 amide bonds. The normalized spacial score (nSPS) is 30.2. The van der Waals surface area contributed by atoms with Crippen molar-refractivity contribution in [3.8, 4) is 0 Å². The van der Waals surface area contributed by atoms with Crippen LogP contribution < -0.4 is 0 Å². The van der Waals surface area contributed by atoms with Gasteiger partial charge in [-0.2, -0.15) is 13.2 Å². The summed E-state index contributed by atoms with van der Waals surface area (Å²) < 4.78 is 65.0. The van der Waals surface area contributed by atoms with Crippen LogP contribution in [-0.2, 0) is 34.1 Å². The van der Waals surface area contributed by atoms with Gasteiger partial charge in [-0.1, -0.05) is 53.6 Å². The van der Waals surface area contributed by atoms with E-state index in [4.69, 9.17) is 18.9 Å². The molecule has 220 valence electrons. The second kappa shape index (κ2) is 13.6. The lowest BCUT2D eigenvalue weighted by molar-refractivity contribution is -0.277. The summed E-state index contributed by atoms with van der Waals surface area (Å²) in [4.78, 5) is 26.0. The number of methoxy groups -OCH3 is 2. The summed E-state index contributed by atoms with van der Waals surface area (Å²) in [5, 5.41) is 0. The molecule has 1 heterocycles. The molecular weight excluding hydrogens is 525 g/mol. The van der Waals surface area contributed by atoms with Crippen molar-refractivity contribution in [2.45, 2.75) is 76.9 Å². The van der Waals surface area contributed by atoms with Gasteiger partial charge in [0.2, 0.25) is 0 Å². The molecule has 0 bridgehead atoms. The highest BCUT2D eigenvalue weighted by atomic mass is 19.4. The first-order chi connectivity index (χ1) is 18.9. The summed E-state index contributed by atoms with van der Waals surface area (Å²) in [5.74, 6) is -2.58. The molecule has 1 aliphatic carbocycles. The van der Waals surface area contributed by atoms with Crippen molar-refractivity contribution >= 4 is 11.9 Å². The van der Waals surface area contributed by atoms with Crippen LogP contribution in [0.4, 0.5) is 13.2 Å². The SMILES string of the molecule is COC[C@H]1C(=O)O[C@H]2/C=C(\C)CC/C=C(\C)CC[C@H](OC(=O)[C@@](OC)(c3ccccc3)C(F)(F)F)/C(C)=C\C[C@H]21. The summed E-state index contributed by atoms with van der Waals surface area (Å²) in [6.45, 7) is 5.88. The Morgan fingerprint density at radius 2 is 1.73 bits per heavy atom. The monoisotopic (exact) mass is 564 g/mol. The van der Waals surface area contributed by atoms with Crippen molar-refractivity contribution < 1.29 is 41.7 Å². The molecule has 0 radical (unpaired) electrons. The number of hydrogen-bond donors (Lipinski definition) is 0. The number of halogens is 3. The fraction of sp³-hybridized carbons (Fsp3) is 0.548. The van der Waals surface area contributed by atoms with Gasteiger partial charge < -0.3 is 18.9 Å². The zero-order valence-corrected chi connectivity index (χ0v) is 23.8. The van der Waals surface area contributed by atoms with Crippen molar-refractivity contribution in [1.29, 1.82) is 0 Å². The highest BCUT2D eigenvalue weighted by Crippen LogP contribution is 2.44. The average Bonchev–Trinajstić information content (AvgIpc) is 3.18. The van der Waals surface area contributed by atoms with Gasteiger partial charge in [-0.15, -0.1) is 0 Å². The van der Waals surface area contributed by atoms with Crippen LogP contribution in [-0.4, -0.2) is 51.1 Å². The lowest BCUT2D eigenvalue weighted by atomic mass is 9.85. The molecule has 0 aromatic heterocycles. The zero-order chi connectivity index (χ0) is 29.5. The molecule has 1 fully saturated rings. The third kappa shape index (κ3) is 7.04. The van der Waals surface area contributed by atoms with Crippen molar-refractivity contribution in [2.75, 3.05) is 20.8 Å². The van der Waals surface area contributed by atoms with Gasteiger partial charge in [0, 0.05) is 25.7 Å². The van der Waals surface area contributed by atoms with E-state index in [9.17, 15) is 22.8 Å². The molecule has 9 heteroatoms. The highest BCUT2D eigenvalue weighted by Gasteiger charge is 2.64. The Bertz CT molecular complexity index is 1120. The molecule has 1 saturated heterocycles. The van der Waals surface area contributed by atoms with Crippen LogP contribution in [0.2, 0.25) is 0 Å². The topological polar surface area (TPSA) is 71.1 Å². The third-order valence-corrected chi connectivity index (χ3v) is 7.76. The molecule has 0 N–H and O–H groups in total. The van der Waals surface area contributed by atoms with Crippen LogP contribution in [0.25, 0.3) is 0 Å². The molecular formula is C31H39F3O6. The minimum Gasteiger partial charge on any atom is -0.457 e.